The lowest BCUT2D eigenvalue weighted by Gasteiger charge is -2.18. The van der Waals surface area contributed by atoms with Gasteiger partial charge in [-0.25, -0.2) is 4.98 Å². The molecule has 0 N–H and O–H groups in total. The van der Waals surface area contributed by atoms with Crippen LogP contribution in [0.5, 0.6) is 11.5 Å². The first kappa shape index (κ1) is 25.1. The molecular formula is C30H30BrN3O3. The van der Waals surface area contributed by atoms with Crippen molar-refractivity contribution in [1.29, 1.82) is 0 Å². The molecule has 7 heteroatoms. The lowest BCUT2D eigenvalue weighted by molar-refractivity contribution is -0.117. The Bertz CT molecular complexity index is 1410. The number of fused-ring (bicyclic) bond motifs is 1. The van der Waals surface area contributed by atoms with Gasteiger partial charge in [-0.05, 0) is 66.9 Å². The van der Waals surface area contributed by atoms with Crippen molar-refractivity contribution < 1.29 is 14.3 Å². The molecule has 0 radical (unpaired) electrons. The number of benzene rings is 3. The van der Waals surface area contributed by atoms with Crippen LogP contribution in [0, 0.1) is 0 Å². The largest absolute Gasteiger partial charge is 0.493 e. The van der Waals surface area contributed by atoms with Crippen LogP contribution in [0.1, 0.15) is 30.1 Å². The number of anilines is 1. The number of carbonyl (C=O) groups excluding carboxylic acids is 1. The van der Waals surface area contributed by atoms with Crippen LogP contribution in [0.3, 0.4) is 0 Å². The van der Waals surface area contributed by atoms with Gasteiger partial charge in [0.1, 0.15) is 5.82 Å². The minimum atomic E-state index is 0.0296. The maximum absolute atomic E-state index is 13.0. The molecule has 1 aliphatic heterocycles. The van der Waals surface area contributed by atoms with E-state index in [1.807, 2.05) is 71.6 Å². The summed E-state index contributed by atoms with van der Waals surface area (Å²) in [4.78, 5) is 19.8. The van der Waals surface area contributed by atoms with Gasteiger partial charge in [-0.3, -0.25) is 4.79 Å². The van der Waals surface area contributed by atoms with Crippen molar-refractivity contribution in [2.75, 3.05) is 25.2 Å². The second kappa shape index (κ2) is 11.2. The van der Waals surface area contributed by atoms with Crippen LogP contribution in [0.15, 0.2) is 83.9 Å². The summed E-state index contributed by atoms with van der Waals surface area (Å²) < 4.78 is 14.9. The van der Waals surface area contributed by atoms with Crippen LogP contribution in [-0.4, -0.2) is 35.7 Å². The number of methoxy groups -OCH3 is 1. The van der Waals surface area contributed by atoms with Crippen molar-refractivity contribution in [2.45, 2.75) is 31.7 Å². The Hall–Kier alpha value is -3.58. The highest BCUT2D eigenvalue weighted by Gasteiger charge is 2.34. The zero-order valence-electron chi connectivity index (χ0n) is 20.9. The van der Waals surface area contributed by atoms with E-state index in [1.165, 1.54) is 0 Å². The summed E-state index contributed by atoms with van der Waals surface area (Å²) in [5.41, 5.74) is 4.09. The Morgan fingerprint density at radius 1 is 1.11 bits per heavy atom. The molecule has 1 amide bonds. The van der Waals surface area contributed by atoms with Gasteiger partial charge in [-0.1, -0.05) is 40.2 Å². The number of imidazole rings is 1. The van der Waals surface area contributed by atoms with Crippen LogP contribution in [0.4, 0.5) is 5.69 Å². The summed E-state index contributed by atoms with van der Waals surface area (Å²) in [6.45, 7) is 5.71. The van der Waals surface area contributed by atoms with Crippen LogP contribution in [0.25, 0.3) is 11.0 Å². The first-order valence-corrected chi connectivity index (χ1v) is 13.3. The van der Waals surface area contributed by atoms with E-state index in [1.54, 1.807) is 7.11 Å². The topological polar surface area (TPSA) is 56.6 Å². The maximum atomic E-state index is 13.0. The number of para-hydroxylation sites is 2. The Kier molecular flexibility index (Phi) is 7.60. The number of aryl methyl sites for hydroxylation is 1. The van der Waals surface area contributed by atoms with E-state index in [9.17, 15) is 4.79 Å². The van der Waals surface area contributed by atoms with E-state index < -0.39 is 0 Å². The van der Waals surface area contributed by atoms with E-state index in [2.05, 4.69) is 33.1 Å². The SMILES string of the molecule is C=CCc1ccc(OCCCn2c(C3CC(=O)N(c4ccc(Br)cc4)C3)nc3ccccc32)c(OC)c1. The van der Waals surface area contributed by atoms with E-state index >= 15 is 0 Å². The molecule has 6 nitrogen and oxygen atoms in total. The average molecular weight is 560 g/mol. The highest BCUT2D eigenvalue weighted by atomic mass is 79.9. The molecule has 2 heterocycles. The number of allylic oxidation sites excluding steroid dienone is 1. The fourth-order valence-corrected chi connectivity index (χ4v) is 5.19. The molecule has 0 saturated carbocycles. The first-order valence-electron chi connectivity index (χ1n) is 12.5. The van der Waals surface area contributed by atoms with Crippen molar-refractivity contribution >= 4 is 38.6 Å². The molecule has 0 bridgehead atoms. The van der Waals surface area contributed by atoms with Gasteiger partial charge in [0.15, 0.2) is 11.5 Å². The van der Waals surface area contributed by atoms with Gasteiger partial charge in [-0.2, -0.15) is 0 Å². The van der Waals surface area contributed by atoms with Gasteiger partial charge < -0.3 is 18.9 Å². The van der Waals surface area contributed by atoms with Gasteiger partial charge >= 0.3 is 0 Å². The number of hydrogen-bond acceptors (Lipinski definition) is 4. The molecule has 4 aromatic rings. The van der Waals surface area contributed by atoms with Crippen molar-refractivity contribution in [3.63, 3.8) is 0 Å². The van der Waals surface area contributed by atoms with Crippen LogP contribution < -0.4 is 14.4 Å². The highest BCUT2D eigenvalue weighted by molar-refractivity contribution is 9.10. The van der Waals surface area contributed by atoms with Crippen molar-refractivity contribution in [3.8, 4) is 11.5 Å². The van der Waals surface area contributed by atoms with Gasteiger partial charge in [-0.15, -0.1) is 6.58 Å². The van der Waals surface area contributed by atoms with Gasteiger partial charge in [0.2, 0.25) is 5.91 Å². The number of nitrogens with zero attached hydrogens (tertiary/aromatic N) is 3. The molecule has 1 unspecified atom stereocenters. The summed E-state index contributed by atoms with van der Waals surface area (Å²) >= 11 is 3.47. The van der Waals surface area contributed by atoms with E-state index in [0.29, 0.717) is 19.6 Å². The lowest BCUT2D eigenvalue weighted by atomic mass is 10.1. The van der Waals surface area contributed by atoms with Gasteiger partial charge in [0, 0.05) is 35.6 Å². The molecule has 1 saturated heterocycles. The van der Waals surface area contributed by atoms with Crippen molar-refractivity contribution in [3.05, 3.63) is 95.2 Å². The summed E-state index contributed by atoms with van der Waals surface area (Å²) in [6, 6.07) is 22.0. The third-order valence-electron chi connectivity index (χ3n) is 6.70. The predicted octanol–water partition coefficient (Wildman–Crippen LogP) is 6.53. The Labute approximate surface area is 225 Å². The minimum absolute atomic E-state index is 0.0296. The summed E-state index contributed by atoms with van der Waals surface area (Å²) in [7, 11) is 1.66. The smallest absolute Gasteiger partial charge is 0.227 e. The molecule has 1 aliphatic rings. The third-order valence-corrected chi connectivity index (χ3v) is 7.23. The summed E-state index contributed by atoms with van der Waals surface area (Å²) in [5, 5.41) is 0. The molecule has 0 spiro atoms. The molecule has 37 heavy (non-hydrogen) atoms. The fraction of sp³-hybridized carbons (Fsp3) is 0.267. The highest BCUT2D eigenvalue weighted by Crippen LogP contribution is 2.34. The quantitative estimate of drug-likeness (QED) is 0.164. The molecule has 1 aromatic heterocycles. The normalized spacial score (nSPS) is 15.4. The zero-order chi connectivity index (χ0) is 25.8. The van der Waals surface area contributed by atoms with Crippen LogP contribution in [-0.2, 0) is 17.8 Å². The fourth-order valence-electron chi connectivity index (χ4n) is 4.92. The minimum Gasteiger partial charge on any atom is -0.493 e. The van der Waals surface area contributed by atoms with Gasteiger partial charge in [0.25, 0.3) is 0 Å². The molecule has 1 fully saturated rings. The molecule has 1 atom stereocenters. The number of carbonyl (C=O) groups is 1. The number of amides is 1. The van der Waals surface area contributed by atoms with E-state index in [4.69, 9.17) is 14.5 Å². The molecule has 0 aliphatic carbocycles. The second-order valence-corrected chi connectivity index (χ2v) is 10.1. The summed E-state index contributed by atoms with van der Waals surface area (Å²) in [5.74, 6) is 2.58. The molecule has 5 rings (SSSR count). The number of rotatable bonds is 10. The lowest BCUT2D eigenvalue weighted by Crippen LogP contribution is -2.24. The number of hydrogen-bond donors (Lipinski definition) is 0. The van der Waals surface area contributed by atoms with Crippen molar-refractivity contribution in [1.82, 2.24) is 9.55 Å². The number of ether oxygens (including phenoxy) is 2. The summed E-state index contributed by atoms with van der Waals surface area (Å²) in [6.07, 6.45) is 3.90. The molecule has 3 aromatic carbocycles. The number of halogens is 1. The Morgan fingerprint density at radius 3 is 2.70 bits per heavy atom. The van der Waals surface area contributed by atoms with Gasteiger partial charge in [0.05, 0.1) is 24.8 Å². The standard InChI is InChI=1S/C30H30BrN3O3/c1-3-7-21-10-15-27(28(18-21)36-2)37-17-6-16-33-26-9-5-4-8-25(26)32-30(33)22-19-29(35)34(20-22)24-13-11-23(31)12-14-24/h3-5,8-15,18,22H,1,6-7,16-17,19-20H2,2H3. The number of aromatic nitrogens is 2. The zero-order valence-corrected chi connectivity index (χ0v) is 22.5. The van der Waals surface area contributed by atoms with Crippen molar-refractivity contribution in [2.24, 2.45) is 0 Å². The predicted molar refractivity (Wildman–Crippen MR) is 151 cm³/mol. The Morgan fingerprint density at radius 2 is 1.92 bits per heavy atom. The van der Waals surface area contributed by atoms with E-state index in [0.717, 1.165) is 63.5 Å². The monoisotopic (exact) mass is 559 g/mol. The maximum Gasteiger partial charge on any atom is 0.227 e. The second-order valence-electron chi connectivity index (χ2n) is 9.17. The van der Waals surface area contributed by atoms with Crippen LogP contribution in [0.2, 0.25) is 0 Å². The molecular weight excluding hydrogens is 530 g/mol. The average Bonchev–Trinajstić information content (AvgIpc) is 3.48. The Balaban J connectivity index is 1.31. The third kappa shape index (κ3) is 5.42. The first-order chi connectivity index (χ1) is 18.1. The van der Waals surface area contributed by atoms with Crippen LogP contribution >= 0.6 is 15.9 Å². The van der Waals surface area contributed by atoms with E-state index in [-0.39, 0.29) is 11.8 Å². The molecule has 190 valence electrons.